The zero-order valence-electron chi connectivity index (χ0n) is 13.9. The first-order valence-electron chi connectivity index (χ1n) is 8.57. The van der Waals surface area contributed by atoms with Crippen LogP contribution in [0.25, 0.3) is 0 Å². The molecule has 1 aliphatic heterocycles. The summed E-state index contributed by atoms with van der Waals surface area (Å²) in [5, 5.41) is 7.07. The van der Waals surface area contributed by atoms with Gasteiger partial charge in [0, 0.05) is 44.5 Å². The van der Waals surface area contributed by atoms with Crippen molar-refractivity contribution >= 4 is 11.7 Å². The van der Waals surface area contributed by atoms with Crippen LogP contribution in [0.15, 0.2) is 24.7 Å². The standard InChI is InChI=1S/C17H22N6O/c1-22-11-13(9-20-22)17(24)19-10-14-3-2-8-23(14)15-6-7-18-16(21-15)12-4-5-12/h6-7,9,11-12,14H,2-5,8,10H2,1H3,(H,19,24). The lowest BCUT2D eigenvalue weighted by Gasteiger charge is -2.26. The summed E-state index contributed by atoms with van der Waals surface area (Å²) in [6, 6.07) is 2.26. The number of rotatable bonds is 5. The maximum atomic E-state index is 12.2. The van der Waals surface area contributed by atoms with Gasteiger partial charge in [-0.2, -0.15) is 5.10 Å². The average Bonchev–Trinajstić information content (AvgIpc) is 3.19. The van der Waals surface area contributed by atoms with Crippen LogP contribution in [0, 0.1) is 0 Å². The van der Waals surface area contributed by atoms with Gasteiger partial charge in [-0.15, -0.1) is 0 Å². The number of amides is 1. The molecule has 7 heteroatoms. The maximum absolute atomic E-state index is 12.2. The third-order valence-electron chi connectivity index (χ3n) is 4.74. The van der Waals surface area contributed by atoms with Gasteiger partial charge in [-0.25, -0.2) is 9.97 Å². The van der Waals surface area contributed by atoms with Gasteiger partial charge in [-0.1, -0.05) is 0 Å². The van der Waals surface area contributed by atoms with Gasteiger partial charge in [0.05, 0.1) is 11.8 Å². The molecule has 0 aromatic carbocycles. The molecule has 0 bridgehead atoms. The van der Waals surface area contributed by atoms with E-state index in [9.17, 15) is 4.79 Å². The molecular formula is C17H22N6O. The van der Waals surface area contributed by atoms with Gasteiger partial charge in [-0.3, -0.25) is 9.48 Å². The Balaban J connectivity index is 1.41. The molecule has 7 nitrogen and oxygen atoms in total. The molecule has 0 spiro atoms. The van der Waals surface area contributed by atoms with Crippen LogP contribution in [0.4, 0.5) is 5.82 Å². The first-order valence-corrected chi connectivity index (χ1v) is 8.57. The summed E-state index contributed by atoms with van der Waals surface area (Å²) in [5.41, 5.74) is 0.597. The highest BCUT2D eigenvalue weighted by atomic mass is 16.1. The molecule has 1 aliphatic carbocycles. The smallest absolute Gasteiger partial charge is 0.254 e. The highest BCUT2D eigenvalue weighted by Gasteiger charge is 2.30. The normalized spacial score (nSPS) is 20.4. The summed E-state index contributed by atoms with van der Waals surface area (Å²) in [7, 11) is 1.81. The molecule has 126 valence electrons. The molecule has 1 saturated heterocycles. The van der Waals surface area contributed by atoms with Crippen LogP contribution in [0.3, 0.4) is 0 Å². The van der Waals surface area contributed by atoms with E-state index in [-0.39, 0.29) is 11.9 Å². The Hall–Kier alpha value is -2.44. The number of carbonyl (C=O) groups excluding carboxylic acids is 1. The Kier molecular flexibility index (Phi) is 3.92. The second-order valence-corrected chi connectivity index (χ2v) is 6.65. The molecule has 24 heavy (non-hydrogen) atoms. The molecule has 2 aromatic heterocycles. The fourth-order valence-corrected chi connectivity index (χ4v) is 3.26. The van der Waals surface area contributed by atoms with Crippen LogP contribution in [-0.4, -0.2) is 44.8 Å². The first kappa shape index (κ1) is 15.1. The summed E-state index contributed by atoms with van der Waals surface area (Å²) in [4.78, 5) is 23.6. The van der Waals surface area contributed by atoms with Crippen molar-refractivity contribution < 1.29 is 4.79 Å². The van der Waals surface area contributed by atoms with E-state index >= 15 is 0 Å². The minimum atomic E-state index is -0.0729. The van der Waals surface area contributed by atoms with Gasteiger partial charge < -0.3 is 10.2 Å². The van der Waals surface area contributed by atoms with Crippen molar-refractivity contribution in [3.05, 3.63) is 36.0 Å². The van der Waals surface area contributed by atoms with E-state index in [2.05, 4.69) is 20.3 Å². The zero-order valence-corrected chi connectivity index (χ0v) is 13.9. The van der Waals surface area contributed by atoms with Crippen molar-refractivity contribution in [2.45, 2.75) is 37.6 Å². The summed E-state index contributed by atoms with van der Waals surface area (Å²) in [6.07, 6.45) is 9.77. The molecule has 4 rings (SSSR count). The maximum Gasteiger partial charge on any atom is 0.254 e. The largest absolute Gasteiger partial charge is 0.352 e. The van der Waals surface area contributed by atoms with Gasteiger partial charge in [-0.05, 0) is 31.7 Å². The van der Waals surface area contributed by atoms with Crippen molar-refractivity contribution in [3.8, 4) is 0 Å². The number of nitrogens with one attached hydrogen (secondary N) is 1. The third-order valence-corrected chi connectivity index (χ3v) is 4.74. The molecule has 0 radical (unpaired) electrons. The molecule has 2 fully saturated rings. The SMILES string of the molecule is Cn1cc(C(=O)NCC2CCCN2c2ccnc(C3CC3)n2)cn1. The Morgan fingerprint density at radius 2 is 2.25 bits per heavy atom. The van der Waals surface area contributed by atoms with E-state index in [0.29, 0.717) is 18.0 Å². The minimum Gasteiger partial charge on any atom is -0.352 e. The number of hydrogen-bond acceptors (Lipinski definition) is 5. The number of aryl methyl sites for hydroxylation is 1. The van der Waals surface area contributed by atoms with Gasteiger partial charge >= 0.3 is 0 Å². The van der Waals surface area contributed by atoms with E-state index in [1.54, 1.807) is 17.1 Å². The minimum absolute atomic E-state index is 0.0729. The van der Waals surface area contributed by atoms with Crippen molar-refractivity contribution in [1.29, 1.82) is 0 Å². The second-order valence-electron chi connectivity index (χ2n) is 6.65. The van der Waals surface area contributed by atoms with Crippen LogP contribution in [0.5, 0.6) is 0 Å². The first-order chi connectivity index (χ1) is 11.7. The topological polar surface area (TPSA) is 75.9 Å². The van der Waals surface area contributed by atoms with Crippen molar-refractivity contribution in [2.24, 2.45) is 7.05 Å². The Bertz CT molecular complexity index is 738. The lowest BCUT2D eigenvalue weighted by Crippen LogP contribution is -2.40. The Labute approximate surface area is 141 Å². The van der Waals surface area contributed by atoms with Crippen LogP contribution < -0.4 is 10.2 Å². The van der Waals surface area contributed by atoms with E-state index in [1.165, 1.54) is 12.8 Å². The summed E-state index contributed by atoms with van der Waals surface area (Å²) < 4.78 is 1.64. The quantitative estimate of drug-likeness (QED) is 0.901. The van der Waals surface area contributed by atoms with Gasteiger partial charge in [0.1, 0.15) is 11.6 Å². The van der Waals surface area contributed by atoms with Crippen molar-refractivity contribution in [2.75, 3.05) is 18.0 Å². The zero-order chi connectivity index (χ0) is 16.5. The number of aromatic nitrogens is 4. The van der Waals surface area contributed by atoms with Crippen molar-refractivity contribution in [3.63, 3.8) is 0 Å². The fraction of sp³-hybridized carbons (Fsp3) is 0.529. The van der Waals surface area contributed by atoms with Gasteiger partial charge in [0.15, 0.2) is 0 Å². The lowest BCUT2D eigenvalue weighted by molar-refractivity contribution is 0.0951. The molecule has 1 amide bonds. The average molecular weight is 326 g/mol. The molecule has 1 saturated carbocycles. The fourth-order valence-electron chi connectivity index (χ4n) is 3.26. The summed E-state index contributed by atoms with van der Waals surface area (Å²) >= 11 is 0. The molecule has 1 N–H and O–H groups in total. The van der Waals surface area contributed by atoms with E-state index < -0.39 is 0 Å². The molecular weight excluding hydrogens is 304 g/mol. The molecule has 3 heterocycles. The Morgan fingerprint density at radius 1 is 1.38 bits per heavy atom. The predicted molar refractivity (Wildman–Crippen MR) is 89.9 cm³/mol. The highest BCUT2D eigenvalue weighted by Crippen LogP contribution is 2.38. The van der Waals surface area contributed by atoms with E-state index in [1.807, 2.05) is 19.3 Å². The third kappa shape index (κ3) is 3.11. The number of nitrogens with zero attached hydrogens (tertiary/aromatic N) is 5. The van der Waals surface area contributed by atoms with Gasteiger partial charge in [0.2, 0.25) is 0 Å². The van der Waals surface area contributed by atoms with E-state index in [4.69, 9.17) is 4.98 Å². The molecule has 2 aliphatic rings. The van der Waals surface area contributed by atoms with Crippen LogP contribution >= 0.6 is 0 Å². The van der Waals surface area contributed by atoms with Crippen LogP contribution in [0.2, 0.25) is 0 Å². The predicted octanol–water partition coefficient (Wildman–Crippen LogP) is 1.49. The summed E-state index contributed by atoms with van der Waals surface area (Å²) in [5.74, 6) is 2.44. The number of carbonyl (C=O) groups is 1. The van der Waals surface area contributed by atoms with E-state index in [0.717, 1.165) is 31.0 Å². The lowest BCUT2D eigenvalue weighted by atomic mass is 10.2. The van der Waals surface area contributed by atoms with Crippen molar-refractivity contribution in [1.82, 2.24) is 25.1 Å². The van der Waals surface area contributed by atoms with Gasteiger partial charge in [0.25, 0.3) is 5.91 Å². The Morgan fingerprint density at radius 3 is 3.00 bits per heavy atom. The molecule has 1 atom stereocenters. The molecule has 2 aromatic rings. The number of hydrogen-bond donors (Lipinski definition) is 1. The monoisotopic (exact) mass is 326 g/mol. The summed E-state index contributed by atoms with van der Waals surface area (Å²) in [6.45, 7) is 1.60. The van der Waals surface area contributed by atoms with Crippen LogP contribution in [0.1, 0.15) is 47.8 Å². The molecule has 1 unspecified atom stereocenters. The number of anilines is 1. The highest BCUT2D eigenvalue weighted by molar-refractivity contribution is 5.93. The second kappa shape index (κ2) is 6.22. The van der Waals surface area contributed by atoms with Crippen LogP contribution in [-0.2, 0) is 7.05 Å².